The van der Waals surface area contributed by atoms with Gasteiger partial charge in [0.05, 0.1) is 21.2 Å². The topological polar surface area (TPSA) is 79.4 Å². The predicted molar refractivity (Wildman–Crippen MR) is 108 cm³/mol. The van der Waals surface area contributed by atoms with E-state index in [1.165, 1.54) is 42.4 Å². The first-order valence-electron chi connectivity index (χ1n) is 8.70. The molecule has 0 saturated carbocycles. The van der Waals surface area contributed by atoms with Gasteiger partial charge >= 0.3 is 0 Å². The number of anilines is 1. The standard InChI is InChI=1S/C18H22ClN3O3S2/c1-12-5-7-22(8-6-12)10-13-11-26-18(20-13)21-17(23)15-9-14(27(2,24)25)3-4-16(15)19/h3-4,9,11-12H,5-8,10H2,1-2H3,(H,20,21,23). The van der Waals surface area contributed by atoms with Crippen LogP contribution in [0.25, 0.3) is 0 Å². The van der Waals surface area contributed by atoms with Crippen LogP contribution in [-0.4, -0.2) is 43.6 Å². The summed E-state index contributed by atoms with van der Waals surface area (Å²) in [6.07, 6.45) is 3.48. The van der Waals surface area contributed by atoms with Gasteiger partial charge in [-0.25, -0.2) is 13.4 Å². The fourth-order valence-electron chi connectivity index (χ4n) is 2.96. The van der Waals surface area contributed by atoms with Gasteiger partial charge in [0.15, 0.2) is 15.0 Å². The Morgan fingerprint density at radius 3 is 2.74 bits per heavy atom. The normalized spacial score (nSPS) is 16.4. The Hall–Kier alpha value is -1.48. The molecule has 0 spiro atoms. The number of nitrogens with zero attached hydrogens (tertiary/aromatic N) is 2. The van der Waals surface area contributed by atoms with Gasteiger partial charge in [-0.15, -0.1) is 11.3 Å². The number of hydrogen-bond donors (Lipinski definition) is 1. The molecule has 1 N–H and O–H groups in total. The zero-order valence-electron chi connectivity index (χ0n) is 15.2. The number of carbonyl (C=O) groups excluding carboxylic acids is 1. The van der Waals surface area contributed by atoms with Crippen molar-refractivity contribution in [1.82, 2.24) is 9.88 Å². The van der Waals surface area contributed by atoms with E-state index in [0.717, 1.165) is 37.5 Å². The molecule has 1 fully saturated rings. The van der Waals surface area contributed by atoms with Crippen LogP contribution in [0.1, 0.15) is 35.8 Å². The van der Waals surface area contributed by atoms with E-state index in [9.17, 15) is 13.2 Å². The predicted octanol–water partition coefficient (Wildman–Crippen LogP) is 3.68. The van der Waals surface area contributed by atoms with Crippen molar-refractivity contribution >= 4 is 43.8 Å². The Labute approximate surface area is 168 Å². The zero-order valence-corrected chi connectivity index (χ0v) is 17.6. The van der Waals surface area contributed by atoms with E-state index in [0.29, 0.717) is 5.13 Å². The van der Waals surface area contributed by atoms with Crippen LogP contribution in [0.2, 0.25) is 5.02 Å². The second kappa shape index (κ2) is 8.26. The second-order valence-corrected chi connectivity index (χ2v) is 10.3. The summed E-state index contributed by atoms with van der Waals surface area (Å²) in [7, 11) is -3.42. The highest BCUT2D eigenvalue weighted by atomic mass is 35.5. The van der Waals surface area contributed by atoms with E-state index in [-0.39, 0.29) is 15.5 Å². The summed E-state index contributed by atoms with van der Waals surface area (Å²) in [5, 5.41) is 5.31. The minimum Gasteiger partial charge on any atom is -0.298 e. The van der Waals surface area contributed by atoms with E-state index in [1.807, 2.05) is 5.38 Å². The van der Waals surface area contributed by atoms with Crippen LogP contribution >= 0.6 is 22.9 Å². The Bertz CT molecular complexity index is 935. The van der Waals surface area contributed by atoms with Crippen molar-refractivity contribution in [3.63, 3.8) is 0 Å². The maximum atomic E-state index is 12.5. The van der Waals surface area contributed by atoms with Crippen molar-refractivity contribution in [2.75, 3.05) is 24.7 Å². The second-order valence-electron chi connectivity index (χ2n) is 6.97. The van der Waals surface area contributed by atoms with Gasteiger partial charge in [0.2, 0.25) is 0 Å². The molecule has 3 rings (SSSR count). The molecule has 0 bridgehead atoms. The highest BCUT2D eigenvalue weighted by molar-refractivity contribution is 7.90. The monoisotopic (exact) mass is 427 g/mol. The van der Waals surface area contributed by atoms with Gasteiger partial charge in [-0.2, -0.15) is 0 Å². The van der Waals surface area contributed by atoms with Crippen molar-refractivity contribution in [3.05, 3.63) is 39.9 Å². The van der Waals surface area contributed by atoms with Gasteiger partial charge in [-0.1, -0.05) is 18.5 Å². The quantitative estimate of drug-likeness (QED) is 0.787. The van der Waals surface area contributed by atoms with Gasteiger partial charge in [0, 0.05) is 18.2 Å². The molecule has 0 radical (unpaired) electrons. The molecule has 146 valence electrons. The summed E-state index contributed by atoms with van der Waals surface area (Å²) >= 11 is 7.42. The van der Waals surface area contributed by atoms with E-state index in [1.54, 1.807) is 0 Å². The number of halogens is 1. The average Bonchev–Trinajstić information content (AvgIpc) is 3.03. The van der Waals surface area contributed by atoms with E-state index >= 15 is 0 Å². The van der Waals surface area contributed by atoms with Crippen LogP contribution in [-0.2, 0) is 16.4 Å². The zero-order chi connectivity index (χ0) is 19.6. The molecule has 1 saturated heterocycles. The summed E-state index contributed by atoms with van der Waals surface area (Å²) in [5.74, 6) is 0.303. The van der Waals surface area contributed by atoms with Gasteiger partial charge in [0.1, 0.15) is 0 Å². The Morgan fingerprint density at radius 2 is 2.07 bits per heavy atom. The van der Waals surface area contributed by atoms with Crippen molar-refractivity contribution in [2.45, 2.75) is 31.2 Å². The number of carbonyl (C=O) groups is 1. The van der Waals surface area contributed by atoms with Crippen molar-refractivity contribution in [2.24, 2.45) is 5.92 Å². The minimum absolute atomic E-state index is 0.0520. The molecule has 0 unspecified atom stereocenters. The van der Waals surface area contributed by atoms with Crippen LogP contribution < -0.4 is 5.32 Å². The summed E-state index contributed by atoms with van der Waals surface area (Å²) < 4.78 is 23.4. The SMILES string of the molecule is CC1CCN(Cc2csc(NC(=O)c3cc(S(C)(=O)=O)ccc3Cl)n2)CC1. The number of nitrogens with one attached hydrogen (secondary N) is 1. The molecular weight excluding hydrogens is 406 g/mol. The van der Waals surface area contributed by atoms with Crippen LogP contribution in [0.15, 0.2) is 28.5 Å². The molecule has 1 amide bonds. The van der Waals surface area contributed by atoms with Crippen LogP contribution in [0.5, 0.6) is 0 Å². The van der Waals surface area contributed by atoms with E-state index in [4.69, 9.17) is 11.6 Å². The molecule has 27 heavy (non-hydrogen) atoms. The lowest BCUT2D eigenvalue weighted by molar-refractivity contribution is 0.102. The number of rotatable bonds is 5. The highest BCUT2D eigenvalue weighted by Gasteiger charge is 2.19. The maximum Gasteiger partial charge on any atom is 0.259 e. The fraction of sp³-hybridized carbons (Fsp3) is 0.444. The molecule has 0 aliphatic carbocycles. The Kier molecular flexibility index (Phi) is 6.20. The molecule has 9 heteroatoms. The fourth-order valence-corrected chi connectivity index (χ4v) is 4.51. The van der Waals surface area contributed by atoms with Gasteiger partial charge < -0.3 is 0 Å². The molecule has 0 atom stereocenters. The van der Waals surface area contributed by atoms with E-state index < -0.39 is 15.7 Å². The molecule has 2 aromatic rings. The third kappa shape index (κ3) is 5.28. The first-order valence-corrected chi connectivity index (χ1v) is 11.8. The lowest BCUT2D eigenvalue weighted by Gasteiger charge is -2.29. The Balaban J connectivity index is 1.68. The summed E-state index contributed by atoms with van der Waals surface area (Å²) in [6.45, 7) is 5.17. The largest absolute Gasteiger partial charge is 0.298 e. The van der Waals surface area contributed by atoms with Crippen molar-refractivity contribution in [1.29, 1.82) is 0 Å². The van der Waals surface area contributed by atoms with Crippen LogP contribution in [0, 0.1) is 5.92 Å². The first kappa shape index (κ1) is 20.3. The molecule has 6 nitrogen and oxygen atoms in total. The van der Waals surface area contributed by atoms with Crippen molar-refractivity contribution < 1.29 is 13.2 Å². The lowest BCUT2D eigenvalue weighted by Crippen LogP contribution is -2.32. The number of piperidine rings is 1. The van der Waals surface area contributed by atoms with Crippen LogP contribution in [0.3, 0.4) is 0 Å². The molecule has 1 aromatic heterocycles. The first-order chi connectivity index (χ1) is 12.7. The number of amides is 1. The summed E-state index contributed by atoms with van der Waals surface area (Å²) in [5.41, 5.74) is 1.03. The number of aromatic nitrogens is 1. The maximum absolute atomic E-state index is 12.5. The van der Waals surface area contributed by atoms with Gasteiger partial charge in [-0.3, -0.25) is 15.0 Å². The van der Waals surface area contributed by atoms with Gasteiger partial charge in [-0.05, 0) is 50.0 Å². The summed E-state index contributed by atoms with van der Waals surface area (Å²) in [4.78, 5) is 19.4. The average molecular weight is 428 g/mol. The number of hydrogen-bond acceptors (Lipinski definition) is 6. The number of thiazole rings is 1. The molecular formula is C18H22ClN3O3S2. The molecule has 1 aliphatic rings. The Morgan fingerprint density at radius 1 is 1.37 bits per heavy atom. The minimum atomic E-state index is -3.42. The summed E-state index contributed by atoms with van der Waals surface area (Å²) in [6, 6.07) is 4.09. The number of likely N-dealkylation sites (tertiary alicyclic amines) is 1. The lowest BCUT2D eigenvalue weighted by atomic mass is 9.99. The third-order valence-electron chi connectivity index (χ3n) is 4.64. The highest BCUT2D eigenvalue weighted by Crippen LogP contribution is 2.24. The smallest absolute Gasteiger partial charge is 0.259 e. The number of sulfone groups is 1. The number of benzene rings is 1. The van der Waals surface area contributed by atoms with E-state index in [2.05, 4.69) is 22.1 Å². The van der Waals surface area contributed by atoms with Crippen LogP contribution in [0.4, 0.5) is 5.13 Å². The molecule has 1 aromatic carbocycles. The van der Waals surface area contributed by atoms with Crippen molar-refractivity contribution in [3.8, 4) is 0 Å². The molecule has 1 aliphatic heterocycles. The molecule has 2 heterocycles. The van der Waals surface area contributed by atoms with Gasteiger partial charge in [0.25, 0.3) is 5.91 Å². The third-order valence-corrected chi connectivity index (χ3v) is 6.89.